The predicted octanol–water partition coefficient (Wildman–Crippen LogP) is 13.9. The van der Waals surface area contributed by atoms with Crippen molar-refractivity contribution < 1.29 is 0 Å². The van der Waals surface area contributed by atoms with Gasteiger partial charge in [-0.3, -0.25) is 4.57 Å². The second-order valence-electron chi connectivity index (χ2n) is 14.1. The molecular weight excluding hydrogens is 675 g/mol. The number of hydrogen-bond donors (Lipinski definition) is 0. The van der Waals surface area contributed by atoms with Crippen LogP contribution in [0.3, 0.4) is 0 Å². The van der Waals surface area contributed by atoms with Crippen LogP contribution in [0.1, 0.15) is 0 Å². The molecule has 9 aromatic carbocycles. The second kappa shape index (κ2) is 11.3. The number of para-hydroxylation sites is 1. The Kier molecular flexibility index (Phi) is 6.21. The predicted molar refractivity (Wildman–Crippen MR) is 230 cm³/mol. The third-order valence-electron chi connectivity index (χ3n) is 11.2. The summed E-state index contributed by atoms with van der Waals surface area (Å²) in [6, 6.07) is 63.6. The van der Waals surface area contributed by atoms with Gasteiger partial charge in [0.1, 0.15) is 0 Å². The van der Waals surface area contributed by atoms with Gasteiger partial charge in [-0.1, -0.05) is 146 Å². The van der Waals surface area contributed by atoms with Crippen LogP contribution in [0.15, 0.2) is 176 Å². The molecule has 0 aliphatic carbocycles. The zero-order chi connectivity index (χ0) is 35.3. The number of nitrogens with zero attached hydrogens (tertiary/aromatic N) is 3. The molecule has 0 unspecified atom stereocenters. The number of thiophene rings is 1. The Labute approximate surface area is 314 Å². The van der Waals surface area contributed by atoms with Crippen LogP contribution in [-0.2, 0) is 0 Å². The minimum Gasteiger partial charge on any atom is -0.277 e. The quantitative estimate of drug-likeness (QED) is 0.172. The summed E-state index contributed by atoms with van der Waals surface area (Å²) in [6.45, 7) is 0. The van der Waals surface area contributed by atoms with Crippen LogP contribution in [0, 0.1) is 0 Å². The zero-order valence-corrected chi connectivity index (χ0v) is 29.8. The molecule has 0 aliphatic heterocycles. The highest BCUT2D eigenvalue weighted by molar-refractivity contribution is 7.26. The van der Waals surface area contributed by atoms with Gasteiger partial charge in [-0.15, -0.1) is 11.3 Å². The van der Waals surface area contributed by atoms with E-state index in [1.807, 2.05) is 11.3 Å². The number of aromatic nitrogens is 3. The third kappa shape index (κ3) is 4.23. The van der Waals surface area contributed by atoms with Gasteiger partial charge in [0.2, 0.25) is 5.95 Å². The van der Waals surface area contributed by atoms with Gasteiger partial charge < -0.3 is 0 Å². The van der Waals surface area contributed by atoms with Crippen molar-refractivity contribution in [3.63, 3.8) is 0 Å². The zero-order valence-electron chi connectivity index (χ0n) is 29.0. The van der Waals surface area contributed by atoms with Crippen molar-refractivity contribution in [1.82, 2.24) is 14.5 Å². The van der Waals surface area contributed by atoms with Gasteiger partial charge in [-0.2, -0.15) is 0 Å². The molecule has 54 heavy (non-hydrogen) atoms. The molecule has 0 saturated carbocycles. The molecule has 0 bridgehead atoms. The number of rotatable bonds is 3. The molecule has 12 rings (SSSR count). The minimum absolute atomic E-state index is 0.661. The van der Waals surface area contributed by atoms with E-state index in [-0.39, 0.29) is 0 Å². The summed E-state index contributed by atoms with van der Waals surface area (Å²) in [6.07, 6.45) is 0. The maximum Gasteiger partial charge on any atom is 0.235 e. The molecule has 0 radical (unpaired) electrons. The molecule has 0 aliphatic rings. The maximum absolute atomic E-state index is 5.52. The van der Waals surface area contributed by atoms with E-state index in [2.05, 4.69) is 180 Å². The monoisotopic (exact) mass is 703 g/mol. The van der Waals surface area contributed by atoms with Crippen LogP contribution >= 0.6 is 11.3 Å². The van der Waals surface area contributed by atoms with Crippen molar-refractivity contribution in [2.45, 2.75) is 0 Å². The maximum atomic E-state index is 5.52. The first-order chi connectivity index (χ1) is 26.8. The SMILES string of the molecule is c1ccc(-c2nc(-n3c4ccc5ccccc5c4c4cccc(-c5ccc6sc7ccc8ccccc8c7c6c5)c43)nc3c2ccc2ccccc23)cc1. The Morgan fingerprint density at radius 3 is 1.87 bits per heavy atom. The average Bonchev–Trinajstić information content (AvgIpc) is 3.79. The molecule has 250 valence electrons. The molecular formula is C50H29N3S. The van der Waals surface area contributed by atoms with Crippen molar-refractivity contribution in [3.05, 3.63) is 176 Å². The lowest BCUT2D eigenvalue weighted by atomic mass is 9.97. The van der Waals surface area contributed by atoms with Gasteiger partial charge in [-0.05, 0) is 62.8 Å². The minimum atomic E-state index is 0.661. The van der Waals surface area contributed by atoms with Crippen LogP contribution in [0.25, 0.3) is 114 Å². The average molecular weight is 704 g/mol. The van der Waals surface area contributed by atoms with E-state index in [4.69, 9.17) is 9.97 Å². The van der Waals surface area contributed by atoms with Crippen LogP contribution < -0.4 is 0 Å². The van der Waals surface area contributed by atoms with Crippen molar-refractivity contribution in [2.75, 3.05) is 0 Å². The van der Waals surface area contributed by atoms with E-state index in [9.17, 15) is 0 Å². The molecule has 0 fully saturated rings. The van der Waals surface area contributed by atoms with Crippen molar-refractivity contribution >= 4 is 96.5 Å². The van der Waals surface area contributed by atoms with E-state index in [0.717, 1.165) is 49.5 Å². The third-order valence-corrected chi connectivity index (χ3v) is 12.3. The molecule has 0 saturated heterocycles. The Morgan fingerprint density at radius 1 is 0.407 bits per heavy atom. The first kappa shape index (κ1) is 29.7. The summed E-state index contributed by atoms with van der Waals surface area (Å²) in [5.74, 6) is 0.661. The van der Waals surface area contributed by atoms with Crippen LogP contribution in [0.2, 0.25) is 0 Å². The number of fused-ring (bicyclic) bond motifs is 13. The van der Waals surface area contributed by atoms with E-state index in [1.54, 1.807) is 0 Å². The topological polar surface area (TPSA) is 30.7 Å². The smallest absolute Gasteiger partial charge is 0.235 e. The van der Waals surface area contributed by atoms with Crippen molar-refractivity contribution in [1.29, 1.82) is 0 Å². The van der Waals surface area contributed by atoms with Gasteiger partial charge in [-0.25, -0.2) is 9.97 Å². The Bertz CT molecular complexity index is 3500. The van der Waals surface area contributed by atoms with Crippen molar-refractivity contribution in [2.24, 2.45) is 0 Å². The summed E-state index contributed by atoms with van der Waals surface area (Å²) in [7, 11) is 0. The van der Waals surface area contributed by atoms with Gasteiger partial charge in [0.15, 0.2) is 0 Å². The van der Waals surface area contributed by atoms with Gasteiger partial charge in [0, 0.05) is 52.8 Å². The fourth-order valence-electron chi connectivity index (χ4n) is 8.76. The lowest BCUT2D eigenvalue weighted by molar-refractivity contribution is 1.02. The molecule has 0 N–H and O–H groups in total. The highest BCUT2D eigenvalue weighted by Crippen LogP contribution is 2.44. The normalized spacial score (nSPS) is 12.1. The standard InChI is InChI=1S/C50H29N3S/c1-2-14-33(15-3-1)47-40-25-21-32-13-6-9-18-37(32)48(40)52-50(51-47)53-42-26-22-30-11-4-7-16-35(30)45(42)39-20-10-19-38(49(39)53)34-24-27-43-41(29-34)46-36-17-8-5-12-31(36)23-28-44(46)54-43/h1-29H. The number of benzene rings is 9. The van der Waals surface area contributed by atoms with Crippen LogP contribution in [0.4, 0.5) is 0 Å². The van der Waals surface area contributed by atoms with Gasteiger partial charge >= 0.3 is 0 Å². The molecule has 0 amide bonds. The van der Waals surface area contributed by atoms with Crippen molar-refractivity contribution in [3.8, 4) is 28.3 Å². The first-order valence-corrected chi connectivity index (χ1v) is 19.1. The van der Waals surface area contributed by atoms with E-state index in [0.29, 0.717) is 5.95 Å². The summed E-state index contributed by atoms with van der Waals surface area (Å²) < 4.78 is 4.93. The summed E-state index contributed by atoms with van der Waals surface area (Å²) in [5.41, 5.74) is 7.44. The fourth-order valence-corrected chi connectivity index (χ4v) is 9.86. The summed E-state index contributed by atoms with van der Waals surface area (Å²) in [5, 5.41) is 13.3. The fraction of sp³-hybridized carbons (Fsp3) is 0. The molecule has 0 atom stereocenters. The van der Waals surface area contributed by atoms with E-state index in [1.165, 1.54) is 58.1 Å². The highest BCUT2D eigenvalue weighted by atomic mass is 32.1. The van der Waals surface area contributed by atoms with Crippen LogP contribution in [0.5, 0.6) is 0 Å². The molecule has 3 heterocycles. The molecule has 4 heteroatoms. The molecule has 0 spiro atoms. The van der Waals surface area contributed by atoms with E-state index >= 15 is 0 Å². The van der Waals surface area contributed by atoms with Crippen LogP contribution in [-0.4, -0.2) is 14.5 Å². The Morgan fingerprint density at radius 2 is 1.06 bits per heavy atom. The van der Waals surface area contributed by atoms with Gasteiger partial charge in [0.05, 0.1) is 22.2 Å². The summed E-state index contributed by atoms with van der Waals surface area (Å²) >= 11 is 1.87. The highest BCUT2D eigenvalue weighted by Gasteiger charge is 2.22. The largest absolute Gasteiger partial charge is 0.277 e. The Hall–Kier alpha value is -6.88. The number of hydrogen-bond acceptors (Lipinski definition) is 3. The second-order valence-corrected chi connectivity index (χ2v) is 15.2. The van der Waals surface area contributed by atoms with E-state index < -0.39 is 0 Å². The Balaban J connectivity index is 1.24. The lowest BCUT2D eigenvalue weighted by Gasteiger charge is -2.15. The first-order valence-electron chi connectivity index (χ1n) is 18.3. The summed E-state index contributed by atoms with van der Waals surface area (Å²) in [4.78, 5) is 11.0. The van der Waals surface area contributed by atoms with Gasteiger partial charge in [0.25, 0.3) is 0 Å². The molecule has 3 nitrogen and oxygen atoms in total. The molecule has 3 aromatic heterocycles. The lowest BCUT2D eigenvalue weighted by Crippen LogP contribution is -2.04. The molecule has 12 aromatic rings.